The Morgan fingerprint density at radius 1 is 1.57 bits per heavy atom. The van der Waals surface area contributed by atoms with E-state index in [-0.39, 0.29) is 24.3 Å². The third-order valence-electron chi connectivity index (χ3n) is 1.13. The molecule has 2 amide bonds. The van der Waals surface area contributed by atoms with Gasteiger partial charge in [-0.3, -0.25) is 10.1 Å². The van der Waals surface area contributed by atoms with Gasteiger partial charge in [-0.25, -0.2) is 4.79 Å². The quantitative estimate of drug-likeness (QED) is 0.698. The van der Waals surface area contributed by atoms with Crippen molar-refractivity contribution >= 4 is 23.8 Å². The minimum absolute atomic E-state index is 0.0513. The van der Waals surface area contributed by atoms with Gasteiger partial charge in [-0.1, -0.05) is 0 Å². The highest BCUT2D eigenvalue weighted by molar-refractivity contribution is 8.00. The van der Waals surface area contributed by atoms with Gasteiger partial charge in [0.1, 0.15) is 0 Å². The first kappa shape index (κ1) is 13.2. The van der Waals surface area contributed by atoms with Crippen molar-refractivity contribution < 1.29 is 14.3 Å². The largest absolute Gasteiger partial charge is 0.450 e. The van der Waals surface area contributed by atoms with E-state index in [1.165, 1.54) is 11.8 Å². The van der Waals surface area contributed by atoms with Crippen molar-refractivity contribution in [1.29, 1.82) is 0 Å². The van der Waals surface area contributed by atoms with Crippen molar-refractivity contribution in [2.75, 3.05) is 18.1 Å². The van der Waals surface area contributed by atoms with Gasteiger partial charge in [-0.2, -0.15) is 11.8 Å². The summed E-state index contributed by atoms with van der Waals surface area (Å²) < 4.78 is 4.54. The number of ether oxygens (including phenoxy) is 1. The van der Waals surface area contributed by atoms with Crippen LogP contribution in [0.5, 0.6) is 0 Å². The number of amides is 2. The first-order chi connectivity index (χ1) is 6.56. The Labute approximate surface area is 87.7 Å². The van der Waals surface area contributed by atoms with E-state index in [9.17, 15) is 9.59 Å². The minimum atomic E-state index is -0.695. The third-order valence-corrected chi connectivity index (χ3v) is 2.36. The van der Waals surface area contributed by atoms with Crippen LogP contribution in [-0.2, 0) is 9.53 Å². The van der Waals surface area contributed by atoms with Crippen LogP contribution in [0.3, 0.4) is 0 Å². The van der Waals surface area contributed by atoms with Crippen LogP contribution < -0.4 is 11.1 Å². The van der Waals surface area contributed by atoms with Crippen LogP contribution in [0, 0.1) is 0 Å². The summed E-state index contributed by atoms with van der Waals surface area (Å²) in [5, 5.41) is 2.09. The molecule has 1 unspecified atom stereocenters. The average molecular weight is 220 g/mol. The molecule has 0 aromatic heterocycles. The molecule has 0 saturated carbocycles. The molecule has 0 saturated heterocycles. The summed E-state index contributed by atoms with van der Waals surface area (Å²) in [7, 11) is 0. The molecular formula is C8H16N2O3S. The maximum Gasteiger partial charge on any atom is 0.413 e. The summed E-state index contributed by atoms with van der Waals surface area (Å²) in [4.78, 5) is 21.8. The summed E-state index contributed by atoms with van der Waals surface area (Å²) in [6.45, 7) is 3.79. The van der Waals surface area contributed by atoms with Crippen molar-refractivity contribution in [3.05, 3.63) is 0 Å². The van der Waals surface area contributed by atoms with Crippen molar-refractivity contribution in [3.63, 3.8) is 0 Å². The van der Waals surface area contributed by atoms with Gasteiger partial charge >= 0.3 is 6.09 Å². The van der Waals surface area contributed by atoms with E-state index in [2.05, 4.69) is 10.1 Å². The first-order valence-corrected chi connectivity index (χ1v) is 5.51. The number of rotatable bonds is 5. The Bertz CT molecular complexity index is 197. The standard InChI is InChI=1S/C8H16N2O3S/c1-3-13-8(12)10-7(11)5-14-4-6(2)9/h6H,3-5,9H2,1-2H3,(H,10,11,12). The maximum atomic E-state index is 11.0. The highest BCUT2D eigenvalue weighted by Crippen LogP contribution is 2.00. The van der Waals surface area contributed by atoms with E-state index in [1.807, 2.05) is 6.92 Å². The van der Waals surface area contributed by atoms with Gasteiger partial charge < -0.3 is 10.5 Å². The second kappa shape index (κ2) is 7.64. The highest BCUT2D eigenvalue weighted by atomic mass is 32.2. The SMILES string of the molecule is CCOC(=O)NC(=O)CSCC(C)N. The molecule has 0 aliphatic heterocycles. The van der Waals surface area contributed by atoms with Gasteiger partial charge in [0.25, 0.3) is 0 Å². The molecule has 6 heteroatoms. The second-order valence-corrected chi connectivity index (χ2v) is 3.79. The zero-order valence-electron chi connectivity index (χ0n) is 8.41. The number of nitrogens with one attached hydrogen (secondary N) is 1. The number of alkyl carbamates (subject to hydrolysis) is 1. The Balaban J connectivity index is 3.50. The predicted molar refractivity (Wildman–Crippen MR) is 56.1 cm³/mol. The van der Waals surface area contributed by atoms with Crippen molar-refractivity contribution in [3.8, 4) is 0 Å². The summed E-state index contributed by atoms with van der Waals surface area (Å²) in [6.07, 6.45) is -0.695. The number of imide groups is 1. The zero-order chi connectivity index (χ0) is 11.0. The molecule has 0 aliphatic carbocycles. The fourth-order valence-corrected chi connectivity index (χ4v) is 1.40. The first-order valence-electron chi connectivity index (χ1n) is 4.36. The average Bonchev–Trinajstić information content (AvgIpc) is 2.03. The van der Waals surface area contributed by atoms with Gasteiger partial charge in [-0.05, 0) is 13.8 Å². The lowest BCUT2D eigenvalue weighted by Crippen LogP contribution is -2.32. The molecule has 3 N–H and O–H groups in total. The molecule has 1 atom stereocenters. The molecule has 0 heterocycles. The van der Waals surface area contributed by atoms with Crippen LogP contribution in [-0.4, -0.2) is 36.2 Å². The summed E-state index contributed by atoms with van der Waals surface area (Å²) in [5.41, 5.74) is 5.48. The van der Waals surface area contributed by atoms with Crippen molar-refractivity contribution in [2.24, 2.45) is 5.73 Å². The van der Waals surface area contributed by atoms with E-state index in [0.717, 1.165) is 0 Å². The molecule has 0 rings (SSSR count). The molecule has 0 aromatic rings. The molecule has 14 heavy (non-hydrogen) atoms. The van der Waals surface area contributed by atoms with Crippen LogP contribution in [0.1, 0.15) is 13.8 Å². The van der Waals surface area contributed by atoms with Crippen LogP contribution in [0.25, 0.3) is 0 Å². The Kier molecular flexibility index (Phi) is 7.23. The molecule has 0 fully saturated rings. The Hall–Kier alpha value is -0.750. The van der Waals surface area contributed by atoms with Crippen LogP contribution >= 0.6 is 11.8 Å². The summed E-state index contributed by atoms with van der Waals surface area (Å²) >= 11 is 1.38. The highest BCUT2D eigenvalue weighted by Gasteiger charge is 2.07. The number of hydrogen-bond donors (Lipinski definition) is 2. The summed E-state index contributed by atoms with van der Waals surface area (Å²) in [5.74, 6) is 0.561. The van der Waals surface area contributed by atoms with Gasteiger partial charge in [0.15, 0.2) is 0 Å². The fraction of sp³-hybridized carbons (Fsp3) is 0.750. The normalized spacial score (nSPS) is 11.9. The molecule has 0 radical (unpaired) electrons. The lowest BCUT2D eigenvalue weighted by molar-refractivity contribution is -0.117. The van der Waals surface area contributed by atoms with E-state index in [0.29, 0.717) is 5.75 Å². The Morgan fingerprint density at radius 3 is 2.71 bits per heavy atom. The lowest BCUT2D eigenvalue weighted by Gasteiger charge is -2.05. The maximum absolute atomic E-state index is 11.0. The predicted octanol–water partition coefficient (Wildman–Crippen LogP) is 0.340. The van der Waals surface area contributed by atoms with E-state index in [4.69, 9.17) is 5.73 Å². The van der Waals surface area contributed by atoms with Gasteiger partial charge in [0, 0.05) is 11.8 Å². The second-order valence-electron chi connectivity index (χ2n) is 2.76. The zero-order valence-corrected chi connectivity index (χ0v) is 9.23. The summed E-state index contributed by atoms with van der Waals surface area (Å²) in [6, 6.07) is 0.0513. The van der Waals surface area contributed by atoms with Gasteiger partial charge in [-0.15, -0.1) is 0 Å². The lowest BCUT2D eigenvalue weighted by atomic mass is 10.4. The number of thioether (sulfide) groups is 1. The van der Waals surface area contributed by atoms with Crippen LogP contribution in [0.2, 0.25) is 0 Å². The van der Waals surface area contributed by atoms with Crippen molar-refractivity contribution in [1.82, 2.24) is 5.32 Å². The van der Waals surface area contributed by atoms with Crippen LogP contribution in [0.15, 0.2) is 0 Å². The van der Waals surface area contributed by atoms with Crippen molar-refractivity contribution in [2.45, 2.75) is 19.9 Å². The number of nitrogens with two attached hydrogens (primary N) is 1. The van der Waals surface area contributed by atoms with E-state index >= 15 is 0 Å². The topological polar surface area (TPSA) is 81.4 Å². The number of hydrogen-bond acceptors (Lipinski definition) is 5. The number of carbonyl (C=O) groups excluding carboxylic acids is 2. The molecule has 0 bridgehead atoms. The van der Waals surface area contributed by atoms with E-state index < -0.39 is 6.09 Å². The van der Waals surface area contributed by atoms with E-state index in [1.54, 1.807) is 6.92 Å². The molecular weight excluding hydrogens is 204 g/mol. The third kappa shape index (κ3) is 7.88. The Morgan fingerprint density at radius 2 is 2.21 bits per heavy atom. The van der Waals surface area contributed by atoms with Gasteiger partial charge in [0.2, 0.25) is 5.91 Å². The smallest absolute Gasteiger partial charge is 0.413 e. The molecule has 5 nitrogen and oxygen atoms in total. The van der Waals surface area contributed by atoms with Crippen LogP contribution in [0.4, 0.5) is 4.79 Å². The molecule has 82 valence electrons. The minimum Gasteiger partial charge on any atom is -0.450 e. The van der Waals surface area contributed by atoms with Gasteiger partial charge in [0.05, 0.1) is 12.4 Å². The fourth-order valence-electron chi connectivity index (χ4n) is 0.655. The molecule has 0 aliphatic rings. The monoisotopic (exact) mass is 220 g/mol. The number of carbonyl (C=O) groups is 2. The molecule has 0 aromatic carbocycles. The molecule has 0 spiro atoms.